The van der Waals surface area contributed by atoms with E-state index in [0.717, 1.165) is 11.5 Å². The zero-order chi connectivity index (χ0) is 13.5. The van der Waals surface area contributed by atoms with Crippen LogP contribution in [0.4, 0.5) is 0 Å². The fourth-order valence-electron chi connectivity index (χ4n) is 1.33. The number of carbonyl (C=O) groups is 1. The second-order valence-corrected chi connectivity index (χ2v) is 4.14. The van der Waals surface area contributed by atoms with Crippen LogP contribution in [0.1, 0.15) is 13.8 Å². The molecule has 0 aliphatic carbocycles. The van der Waals surface area contributed by atoms with Gasteiger partial charge >= 0.3 is 0 Å². The molecule has 1 unspecified atom stereocenters. The molecule has 0 radical (unpaired) electrons. The summed E-state index contributed by atoms with van der Waals surface area (Å²) in [6, 6.07) is 6.79. The van der Waals surface area contributed by atoms with Crippen molar-refractivity contribution >= 4 is 5.91 Å². The zero-order valence-corrected chi connectivity index (χ0v) is 11.0. The Bertz CT molecular complexity index is 376. The first-order chi connectivity index (χ1) is 8.52. The predicted octanol–water partition coefficient (Wildman–Crippen LogP) is 0.926. The summed E-state index contributed by atoms with van der Waals surface area (Å²) in [5.41, 5.74) is 5.44. The molecule has 1 aromatic carbocycles. The maximum Gasteiger partial charge on any atom is 0.236 e. The second-order valence-electron chi connectivity index (χ2n) is 4.14. The van der Waals surface area contributed by atoms with Crippen molar-refractivity contribution < 1.29 is 14.3 Å². The lowest BCUT2D eigenvalue weighted by Crippen LogP contribution is -2.42. The minimum Gasteiger partial charge on any atom is -0.497 e. The lowest BCUT2D eigenvalue weighted by Gasteiger charge is -2.16. The highest BCUT2D eigenvalue weighted by Gasteiger charge is 2.09. The molecule has 0 heterocycles. The topological polar surface area (TPSA) is 73.6 Å². The molecular formula is C13H20N2O3. The largest absolute Gasteiger partial charge is 0.497 e. The number of ether oxygens (including phenoxy) is 2. The SMILES string of the molecule is COc1ccc(OC(C)CNC(=O)[C@@H](C)N)cc1. The number of hydrogen-bond donors (Lipinski definition) is 2. The number of nitrogens with one attached hydrogen (secondary N) is 1. The molecule has 5 heteroatoms. The van der Waals surface area contributed by atoms with Gasteiger partial charge in [-0.15, -0.1) is 0 Å². The van der Waals surface area contributed by atoms with Crippen LogP contribution in [0.3, 0.4) is 0 Å². The van der Waals surface area contributed by atoms with Gasteiger partial charge in [-0.05, 0) is 38.1 Å². The van der Waals surface area contributed by atoms with Crippen molar-refractivity contribution in [2.75, 3.05) is 13.7 Å². The molecule has 5 nitrogen and oxygen atoms in total. The number of rotatable bonds is 6. The van der Waals surface area contributed by atoms with E-state index in [4.69, 9.17) is 15.2 Å². The van der Waals surface area contributed by atoms with Gasteiger partial charge in [-0.2, -0.15) is 0 Å². The Morgan fingerprint density at radius 3 is 2.33 bits per heavy atom. The van der Waals surface area contributed by atoms with E-state index in [1.54, 1.807) is 14.0 Å². The maximum atomic E-state index is 11.3. The van der Waals surface area contributed by atoms with E-state index in [1.807, 2.05) is 31.2 Å². The van der Waals surface area contributed by atoms with Crippen LogP contribution in [-0.2, 0) is 4.79 Å². The van der Waals surface area contributed by atoms with Crippen LogP contribution in [0.2, 0.25) is 0 Å². The van der Waals surface area contributed by atoms with Gasteiger partial charge in [-0.1, -0.05) is 0 Å². The number of benzene rings is 1. The zero-order valence-electron chi connectivity index (χ0n) is 11.0. The van der Waals surface area contributed by atoms with E-state index in [2.05, 4.69) is 5.32 Å². The van der Waals surface area contributed by atoms with Crippen molar-refractivity contribution in [1.29, 1.82) is 0 Å². The lowest BCUT2D eigenvalue weighted by molar-refractivity contribution is -0.122. The predicted molar refractivity (Wildman–Crippen MR) is 69.7 cm³/mol. The third-order valence-corrected chi connectivity index (χ3v) is 2.37. The van der Waals surface area contributed by atoms with E-state index in [-0.39, 0.29) is 12.0 Å². The normalized spacial score (nSPS) is 13.6. The molecule has 0 spiro atoms. The number of hydrogen-bond acceptors (Lipinski definition) is 4. The first-order valence-electron chi connectivity index (χ1n) is 5.87. The monoisotopic (exact) mass is 252 g/mol. The molecule has 1 aromatic rings. The summed E-state index contributed by atoms with van der Waals surface area (Å²) in [6.45, 7) is 3.95. The van der Waals surface area contributed by atoms with Gasteiger partial charge in [0.25, 0.3) is 0 Å². The van der Waals surface area contributed by atoms with Crippen LogP contribution in [0.15, 0.2) is 24.3 Å². The van der Waals surface area contributed by atoms with E-state index < -0.39 is 6.04 Å². The number of amides is 1. The van der Waals surface area contributed by atoms with Gasteiger partial charge in [0.15, 0.2) is 0 Å². The second kappa shape index (κ2) is 6.86. The van der Waals surface area contributed by atoms with Gasteiger partial charge in [0.1, 0.15) is 17.6 Å². The smallest absolute Gasteiger partial charge is 0.236 e. The molecule has 0 saturated carbocycles. The number of carbonyl (C=O) groups excluding carboxylic acids is 1. The fourth-order valence-corrected chi connectivity index (χ4v) is 1.33. The number of methoxy groups -OCH3 is 1. The van der Waals surface area contributed by atoms with Gasteiger partial charge in [0.05, 0.1) is 19.7 Å². The van der Waals surface area contributed by atoms with Gasteiger partial charge in [-0.3, -0.25) is 4.79 Å². The lowest BCUT2D eigenvalue weighted by atomic mass is 10.3. The molecule has 100 valence electrons. The summed E-state index contributed by atoms with van der Waals surface area (Å²) < 4.78 is 10.7. The average molecular weight is 252 g/mol. The Morgan fingerprint density at radius 2 is 1.83 bits per heavy atom. The Kier molecular flexibility index (Phi) is 5.45. The first-order valence-corrected chi connectivity index (χ1v) is 5.87. The molecule has 0 saturated heterocycles. The molecular weight excluding hydrogens is 232 g/mol. The van der Waals surface area contributed by atoms with Crippen molar-refractivity contribution in [2.24, 2.45) is 5.73 Å². The van der Waals surface area contributed by atoms with E-state index in [0.29, 0.717) is 6.54 Å². The van der Waals surface area contributed by atoms with E-state index >= 15 is 0 Å². The van der Waals surface area contributed by atoms with Crippen LogP contribution in [-0.4, -0.2) is 31.7 Å². The van der Waals surface area contributed by atoms with Crippen LogP contribution < -0.4 is 20.5 Å². The van der Waals surface area contributed by atoms with Crippen molar-refractivity contribution in [3.8, 4) is 11.5 Å². The van der Waals surface area contributed by atoms with Gasteiger partial charge in [-0.25, -0.2) is 0 Å². The van der Waals surface area contributed by atoms with E-state index in [9.17, 15) is 4.79 Å². The molecule has 1 rings (SSSR count). The Balaban J connectivity index is 2.39. The highest BCUT2D eigenvalue weighted by atomic mass is 16.5. The Labute approximate surface area is 107 Å². The third-order valence-electron chi connectivity index (χ3n) is 2.37. The molecule has 0 aliphatic rings. The van der Waals surface area contributed by atoms with Crippen molar-refractivity contribution in [3.05, 3.63) is 24.3 Å². The standard InChI is InChI=1S/C13H20N2O3/c1-9(8-15-13(16)10(2)14)18-12-6-4-11(17-3)5-7-12/h4-7,9-10H,8,14H2,1-3H3,(H,15,16)/t9?,10-/m1/s1. The Hall–Kier alpha value is -1.75. The van der Waals surface area contributed by atoms with Crippen LogP contribution in [0.25, 0.3) is 0 Å². The minimum absolute atomic E-state index is 0.124. The van der Waals surface area contributed by atoms with Crippen LogP contribution in [0.5, 0.6) is 11.5 Å². The molecule has 0 fully saturated rings. The van der Waals surface area contributed by atoms with Gasteiger partial charge in [0.2, 0.25) is 5.91 Å². The van der Waals surface area contributed by atoms with Crippen molar-refractivity contribution in [2.45, 2.75) is 26.0 Å². The van der Waals surface area contributed by atoms with E-state index in [1.165, 1.54) is 0 Å². The van der Waals surface area contributed by atoms with Gasteiger partial charge < -0.3 is 20.5 Å². The highest BCUT2D eigenvalue weighted by Crippen LogP contribution is 2.17. The summed E-state index contributed by atoms with van der Waals surface area (Å²) in [5, 5.41) is 2.71. The molecule has 0 aliphatic heterocycles. The van der Waals surface area contributed by atoms with Crippen LogP contribution >= 0.6 is 0 Å². The molecule has 2 atom stereocenters. The quantitative estimate of drug-likeness (QED) is 0.789. The first kappa shape index (κ1) is 14.3. The van der Waals surface area contributed by atoms with Crippen LogP contribution in [0, 0.1) is 0 Å². The average Bonchev–Trinajstić information content (AvgIpc) is 2.36. The molecule has 0 aromatic heterocycles. The summed E-state index contributed by atoms with van der Waals surface area (Å²) >= 11 is 0. The fraction of sp³-hybridized carbons (Fsp3) is 0.462. The van der Waals surface area contributed by atoms with Gasteiger partial charge in [0, 0.05) is 0 Å². The summed E-state index contributed by atoms with van der Waals surface area (Å²) in [6.07, 6.45) is -0.124. The molecule has 1 amide bonds. The summed E-state index contributed by atoms with van der Waals surface area (Å²) in [5.74, 6) is 1.33. The maximum absolute atomic E-state index is 11.3. The summed E-state index contributed by atoms with van der Waals surface area (Å²) in [4.78, 5) is 11.3. The third kappa shape index (κ3) is 4.63. The molecule has 18 heavy (non-hydrogen) atoms. The van der Waals surface area contributed by atoms with Crippen molar-refractivity contribution in [3.63, 3.8) is 0 Å². The number of nitrogens with two attached hydrogens (primary N) is 1. The summed E-state index contributed by atoms with van der Waals surface area (Å²) in [7, 11) is 1.61. The molecule has 3 N–H and O–H groups in total. The molecule has 0 bridgehead atoms. The highest BCUT2D eigenvalue weighted by molar-refractivity contribution is 5.80. The van der Waals surface area contributed by atoms with Crippen molar-refractivity contribution in [1.82, 2.24) is 5.32 Å². The minimum atomic E-state index is -0.502. The Morgan fingerprint density at radius 1 is 1.28 bits per heavy atom.